The van der Waals surface area contributed by atoms with E-state index >= 15 is 0 Å². The monoisotopic (exact) mass is 1620 g/mol. The molecule has 0 saturated heterocycles. The number of nitrogens with zero attached hydrogens (tertiary/aromatic N) is 8. The number of hydrogen-bond acceptors (Lipinski definition) is 8. The maximum absolute atomic E-state index is 2.28. The van der Waals surface area contributed by atoms with Crippen molar-refractivity contribution >= 4 is 114 Å². The van der Waals surface area contributed by atoms with E-state index in [0.29, 0.717) is 0 Å². The molecule has 0 saturated carbocycles. The highest BCUT2D eigenvalue weighted by Crippen LogP contribution is 2.42. The maximum Gasteiger partial charge on any atom is 0.0463 e. The van der Waals surface area contributed by atoms with Crippen molar-refractivity contribution in [3.63, 3.8) is 0 Å². The number of hydrogen-bond donors (Lipinski definition) is 0. The second-order valence-electron chi connectivity index (χ2n) is 31.8. The highest BCUT2D eigenvalue weighted by atomic mass is 15.2. The van der Waals surface area contributed by atoms with E-state index in [1.165, 1.54) is 44.8 Å². The third kappa shape index (κ3) is 21.6. The van der Waals surface area contributed by atoms with Gasteiger partial charge >= 0.3 is 0 Å². The first kappa shape index (κ1) is 84.4. The normalized spacial score (nSPS) is 10.7. The van der Waals surface area contributed by atoms with E-state index in [1.54, 1.807) is 0 Å². The minimum absolute atomic E-state index is 0.164. The molecule has 0 unspecified atom stereocenters. The van der Waals surface area contributed by atoms with Crippen LogP contribution in [0, 0.1) is 6.92 Å². The Morgan fingerprint density at radius 3 is 0.544 bits per heavy atom. The lowest BCUT2D eigenvalue weighted by Crippen LogP contribution is -2.13. The Hall–Kier alpha value is -15.6. The molecular weight excluding hydrogens is 1520 g/mol. The molecule has 8 nitrogen and oxygen atoms in total. The van der Waals surface area contributed by atoms with Gasteiger partial charge in [-0.25, -0.2) is 0 Å². The molecule has 0 N–H and O–H groups in total. The van der Waals surface area contributed by atoms with Gasteiger partial charge in [0.1, 0.15) is 0 Å². The molecule has 0 spiro atoms. The smallest absolute Gasteiger partial charge is 0.0463 e. The second kappa shape index (κ2) is 41.1. The minimum Gasteiger partial charge on any atom is -0.345 e. The largest absolute Gasteiger partial charge is 0.345 e. The fraction of sp³-hybridized carbons (Fsp3) is 0.0769. The molecule has 0 atom stereocenters. The van der Waals surface area contributed by atoms with Crippen LogP contribution in [0.15, 0.2) is 497 Å². The molecule has 0 radical (unpaired) electrons. The van der Waals surface area contributed by atoms with Crippen LogP contribution in [0.5, 0.6) is 0 Å². The molecule has 614 valence electrons. The Kier molecular flexibility index (Phi) is 27.7. The number of aryl methyl sites for hydroxylation is 1. The third-order valence-corrected chi connectivity index (χ3v) is 22.3. The summed E-state index contributed by atoms with van der Waals surface area (Å²) in [7, 11) is 8.45. The summed E-state index contributed by atoms with van der Waals surface area (Å²) in [5, 5.41) is 0. The first-order valence-electron chi connectivity index (χ1n) is 42.7. The predicted octanol–water partition coefficient (Wildman–Crippen LogP) is 32.6. The zero-order valence-electron chi connectivity index (χ0n) is 72.4. The van der Waals surface area contributed by atoms with Crippen molar-refractivity contribution in [2.24, 2.45) is 0 Å². The Labute approximate surface area is 740 Å². The minimum atomic E-state index is 0.164. The molecule has 0 amide bonds. The van der Waals surface area contributed by atoms with Gasteiger partial charge in [-0.2, -0.15) is 0 Å². The molecule has 18 rings (SSSR count). The quantitative estimate of drug-likeness (QED) is 0.0662. The Balaban J connectivity index is 0.000000129. The van der Waals surface area contributed by atoms with Gasteiger partial charge in [0, 0.05) is 142 Å². The van der Waals surface area contributed by atoms with Gasteiger partial charge in [0.15, 0.2) is 0 Å². The van der Waals surface area contributed by atoms with Crippen molar-refractivity contribution in [1.82, 2.24) is 0 Å². The van der Waals surface area contributed by atoms with Crippen molar-refractivity contribution in [1.29, 1.82) is 0 Å². The number of anilines is 20. The molecule has 18 aromatic rings. The van der Waals surface area contributed by atoms with Crippen LogP contribution in [0.1, 0.15) is 31.9 Å². The molecule has 0 aliphatic carbocycles. The zero-order chi connectivity index (χ0) is 86.1. The second-order valence-corrected chi connectivity index (χ2v) is 31.8. The Bertz CT molecular complexity index is 6080. The van der Waals surface area contributed by atoms with E-state index in [-0.39, 0.29) is 5.41 Å². The lowest BCUT2D eigenvalue weighted by Gasteiger charge is -2.27. The van der Waals surface area contributed by atoms with Crippen molar-refractivity contribution in [3.05, 3.63) is 509 Å². The van der Waals surface area contributed by atoms with Crippen LogP contribution in [0.3, 0.4) is 0 Å². The van der Waals surface area contributed by atoms with E-state index in [2.05, 4.69) is 550 Å². The summed E-state index contributed by atoms with van der Waals surface area (Å²) in [5.74, 6) is 0. The molecule has 125 heavy (non-hydrogen) atoms. The first-order chi connectivity index (χ1) is 61.2. The van der Waals surface area contributed by atoms with Crippen LogP contribution in [0.2, 0.25) is 0 Å². The summed E-state index contributed by atoms with van der Waals surface area (Å²) in [5.41, 5.74) is 30.7. The summed E-state index contributed by atoms with van der Waals surface area (Å²) < 4.78 is 0. The van der Waals surface area contributed by atoms with Crippen molar-refractivity contribution in [2.75, 3.05) is 67.4 Å². The maximum atomic E-state index is 2.28. The average molecular weight is 1620 g/mol. The van der Waals surface area contributed by atoms with Crippen molar-refractivity contribution < 1.29 is 0 Å². The summed E-state index contributed by atoms with van der Waals surface area (Å²) in [6, 6.07) is 175. The Morgan fingerprint density at radius 1 is 0.144 bits per heavy atom. The molecule has 0 aliphatic rings. The van der Waals surface area contributed by atoms with Crippen LogP contribution in [0.4, 0.5) is 114 Å². The van der Waals surface area contributed by atoms with Gasteiger partial charge in [-0.15, -0.1) is 0 Å². The fourth-order valence-corrected chi connectivity index (χ4v) is 15.3. The number of para-hydroxylation sites is 8. The molecule has 0 aromatic heterocycles. The summed E-state index contributed by atoms with van der Waals surface area (Å²) >= 11 is 0. The highest BCUT2D eigenvalue weighted by molar-refractivity contribution is 5.84. The summed E-state index contributed by atoms with van der Waals surface area (Å²) in [6.45, 7) is 8.85. The molecule has 0 heterocycles. The molecule has 8 heteroatoms. The predicted molar refractivity (Wildman–Crippen MR) is 537 cm³/mol. The standard InChI is InChI=1S/2C31H26N2.C29H30N2.C26H24N2/c1-32(31-19-11-14-26(24-31)25-12-5-2-6-13-25)27-20-22-30(23-21-27)33(28-15-7-3-8-16-28)29-17-9-4-10-18-29;1-32(27-19-17-26(18-20-27)25-11-5-2-6-12-25)28-21-23-31(24-22-28)33(29-13-7-3-8-14-29)30-15-9-4-10-16-30;1-29(2,3)23-15-17-24(18-16-23)30(4)25-19-21-28(22-20-25)31(26-11-7-5-8-12-26)27-13-9-6-10-14-27;1-21-13-15-22(16-14-21)27(2)23-17-19-26(20-18-23)28(24-9-5-3-6-10-24)25-11-7-4-8-12-25/h2*2-24H,1H3;5-22H,1-4H3;3-20H,1-2H3. The number of benzene rings is 18. The van der Waals surface area contributed by atoms with E-state index in [9.17, 15) is 0 Å². The van der Waals surface area contributed by atoms with Crippen LogP contribution in [-0.4, -0.2) is 28.2 Å². The average Bonchev–Trinajstić information content (AvgIpc) is 0.816. The molecule has 0 bridgehead atoms. The molecule has 18 aromatic carbocycles. The molecule has 0 fully saturated rings. The SMILES string of the molecule is CN(c1ccc(-c2ccccc2)cc1)c1ccc(N(c2ccccc2)c2ccccc2)cc1.CN(c1ccc(N(c2ccccc2)c2ccccc2)cc1)c1ccc(C(C)(C)C)cc1.CN(c1ccc(N(c2ccccc2)c2ccccc2)cc1)c1cccc(-c2ccccc2)c1.Cc1ccc(N(C)c2ccc(N(c3ccccc3)c3ccccc3)cc2)cc1. The van der Waals surface area contributed by atoms with Crippen LogP contribution in [0.25, 0.3) is 22.3 Å². The van der Waals surface area contributed by atoms with Gasteiger partial charge in [0.25, 0.3) is 0 Å². The van der Waals surface area contributed by atoms with E-state index in [1.807, 2.05) is 42.5 Å². The highest BCUT2D eigenvalue weighted by Gasteiger charge is 2.20. The van der Waals surface area contributed by atoms with E-state index in [4.69, 9.17) is 0 Å². The van der Waals surface area contributed by atoms with Crippen molar-refractivity contribution in [3.8, 4) is 22.3 Å². The van der Waals surface area contributed by atoms with Crippen LogP contribution in [-0.2, 0) is 5.41 Å². The van der Waals surface area contributed by atoms with Gasteiger partial charge in [-0.3, -0.25) is 0 Å². The molecule has 0 aliphatic heterocycles. The van der Waals surface area contributed by atoms with E-state index in [0.717, 1.165) is 102 Å². The Morgan fingerprint density at radius 2 is 0.304 bits per heavy atom. The van der Waals surface area contributed by atoms with Gasteiger partial charge in [-0.05, 0) is 283 Å². The number of rotatable bonds is 22. The zero-order valence-corrected chi connectivity index (χ0v) is 72.4. The van der Waals surface area contributed by atoms with Gasteiger partial charge in [0.2, 0.25) is 0 Å². The van der Waals surface area contributed by atoms with Gasteiger partial charge in [-0.1, -0.05) is 281 Å². The van der Waals surface area contributed by atoms with Crippen molar-refractivity contribution in [2.45, 2.75) is 33.1 Å². The topological polar surface area (TPSA) is 25.9 Å². The van der Waals surface area contributed by atoms with Crippen LogP contribution < -0.4 is 39.2 Å². The lowest BCUT2D eigenvalue weighted by atomic mass is 9.87. The van der Waals surface area contributed by atoms with Gasteiger partial charge in [0.05, 0.1) is 0 Å². The van der Waals surface area contributed by atoms with Gasteiger partial charge < -0.3 is 39.2 Å². The molecular formula is C117H106N8. The first-order valence-corrected chi connectivity index (χ1v) is 42.7. The summed E-state index contributed by atoms with van der Waals surface area (Å²) in [4.78, 5) is 18.0. The summed E-state index contributed by atoms with van der Waals surface area (Å²) in [6.07, 6.45) is 0. The van der Waals surface area contributed by atoms with E-state index < -0.39 is 0 Å². The lowest BCUT2D eigenvalue weighted by molar-refractivity contribution is 0.590. The fourth-order valence-electron chi connectivity index (χ4n) is 15.3. The van der Waals surface area contributed by atoms with Crippen LogP contribution >= 0.6 is 0 Å². The third-order valence-electron chi connectivity index (χ3n) is 22.3.